The molecule has 0 radical (unpaired) electrons. The molecule has 21 heavy (non-hydrogen) atoms. The predicted molar refractivity (Wildman–Crippen MR) is 75.6 cm³/mol. The molecule has 2 aromatic heterocycles. The second-order valence-electron chi connectivity index (χ2n) is 4.18. The molecule has 0 atom stereocenters. The van der Waals surface area contributed by atoms with E-state index >= 15 is 0 Å². The van der Waals surface area contributed by atoms with Crippen LogP contribution in [0.15, 0.2) is 34.0 Å². The van der Waals surface area contributed by atoms with Crippen LogP contribution in [0.4, 0.5) is 5.69 Å². The summed E-state index contributed by atoms with van der Waals surface area (Å²) in [4.78, 5) is 38.2. The molecule has 0 aliphatic carbocycles. The summed E-state index contributed by atoms with van der Waals surface area (Å²) in [5.41, 5.74) is -1.88. The van der Waals surface area contributed by atoms with Gasteiger partial charge in [-0.3, -0.25) is 19.5 Å². The Morgan fingerprint density at radius 2 is 2.10 bits per heavy atom. The van der Waals surface area contributed by atoms with Crippen LogP contribution in [0, 0.1) is 10.1 Å². The summed E-state index contributed by atoms with van der Waals surface area (Å²) >= 11 is 5.74. The molecular weight excluding hydrogens is 300 g/mol. The second kappa shape index (κ2) is 5.88. The van der Waals surface area contributed by atoms with Gasteiger partial charge in [-0.1, -0.05) is 17.7 Å². The number of aryl methyl sites for hydroxylation is 1. The largest absolute Gasteiger partial charge is 0.350 e. The van der Waals surface area contributed by atoms with Crippen LogP contribution in [0.25, 0.3) is 0 Å². The molecular formula is C12H11ClN4O4. The molecule has 2 heterocycles. The van der Waals surface area contributed by atoms with Gasteiger partial charge in [0.1, 0.15) is 5.15 Å². The molecule has 0 spiro atoms. The van der Waals surface area contributed by atoms with Crippen LogP contribution < -0.4 is 11.2 Å². The highest BCUT2D eigenvalue weighted by Gasteiger charge is 2.19. The lowest BCUT2D eigenvalue weighted by Gasteiger charge is -2.08. The molecule has 0 amide bonds. The van der Waals surface area contributed by atoms with E-state index in [1.807, 2.05) is 0 Å². The van der Waals surface area contributed by atoms with Crippen molar-refractivity contribution >= 4 is 17.3 Å². The van der Waals surface area contributed by atoms with E-state index in [9.17, 15) is 19.7 Å². The Labute approximate surface area is 123 Å². The number of nitro groups is 1. The molecule has 0 aliphatic heterocycles. The molecule has 0 saturated heterocycles. The van der Waals surface area contributed by atoms with Crippen LogP contribution in [0.5, 0.6) is 0 Å². The Bertz CT molecular complexity index is 812. The van der Waals surface area contributed by atoms with Crippen molar-refractivity contribution in [2.45, 2.75) is 20.0 Å². The van der Waals surface area contributed by atoms with Gasteiger partial charge in [0.05, 0.1) is 23.4 Å². The fourth-order valence-electron chi connectivity index (χ4n) is 1.83. The lowest BCUT2D eigenvalue weighted by atomic mass is 10.3. The van der Waals surface area contributed by atoms with E-state index in [1.54, 1.807) is 25.1 Å². The molecule has 0 aliphatic rings. The van der Waals surface area contributed by atoms with Gasteiger partial charge in [0.25, 0.3) is 0 Å². The van der Waals surface area contributed by atoms with E-state index in [2.05, 4.69) is 4.98 Å². The second-order valence-corrected chi connectivity index (χ2v) is 4.57. The Morgan fingerprint density at radius 3 is 2.67 bits per heavy atom. The summed E-state index contributed by atoms with van der Waals surface area (Å²) < 4.78 is 1.88. The van der Waals surface area contributed by atoms with Gasteiger partial charge in [-0.05, 0) is 19.1 Å². The molecule has 2 rings (SSSR count). The van der Waals surface area contributed by atoms with Crippen LogP contribution in [0.1, 0.15) is 12.6 Å². The minimum atomic E-state index is -0.962. The number of rotatable bonds is 4. The molecule has 110 valence electrons. The topological polar surface area (TPSA) is 100 Å². The third-order valence-electron chi connectivity index (χ3n) is 2.85. The Hall–Kier alpha value is -2.48. The first-order chi connectivity index (χ1) is 9.93. The van der Waals surface area contributed by atoms with E-state index in [0.717, 1.165) is 15.3 Å². The molecule has 0 saturated carbocycles. The first kappa shape index (κ1) is 14.9. The van der Waals surface area contributed by atoms with Crippen LogP contribution in [-0.4, -0.2) is 19.0 Å². The summed E-state index contributed by atoms with van der Waals surface area (Å²) in [5.74, 6) is 0. The van der Waals surface area contributed by atoms with E-state index < -0.39 is 21.9 Å². The minimum Gasteiger partial charge on any atom is -0.294 e. The zero-order valence-electron chi connectivity index (χ0n) is 11.0. The lowest BCUT2D eigenvalue weighted by Crippen LogP contribution is -2.40. The smallest absolute Gasteiger partial charge is 0.294 e. The van der Waals surface area contributed by atoms with Crippen LogP contribution in [0.3, 0.4) is 0 Å². The van der Waals surface area contributed by atoms with Crippen molar-refractivity contribution in [3.05, 3.63) is 66.2 Å². The Morgan fingerprint density at radius 1 is 1.38 bits per heavy atom. The standard InChI is InChI=1S/C12H11ClN4O4/c1-2-15-7-9(17(20)21)11(18)16(12(15)19)6-8-4-3-5-10(13)14-8/h3-5,7H,2,6H2,1H3. The summed E-state index contributed by atoms with van der Waals surface area (Å²) in [6.07, 6.45) is 0.951. The SMILES string of the molecule is CCn1cc([N+](=O)[O-])c(=O)n(Cc2cccc(Cl)n2)c1=O. The third kappa shape index (κ3) is 3.00. The highest BCUT2D eigenvalue weighted by atomic mass is 35.5. The number of hydrogen-bond acceptors (Lipinski definition) is 5. The summed E-state index contributed by atoms with van der Waals surface area (Å²) in [6.45, 7) is 1.68. The van der Waals surface area contributed by atoms with Gasteiger partial charge in [-0.25, -0.2) is 14.3 Å². The van der Waals surface area contributed by atoms with E-state index in [-0.39, 0.29) is 18.2 Å². The number of halogens is 1. The third-order valence-corrected chi connectivity index (χ3v) is 3.06. The van der Waals surface area contributed by atoms with Crippen LogP contribution in [0.2, 0.25) is 5.15 Å². The lowest BCUT2D eigenvalue weighted by molar-refractivity contribution is -0.387. The number of aromatic nitrogens is 3. The molecule has 0 N–H and O–H groups in total. The fraction of sp³-hybridized carbons (Fsp3) is 0.250. The van der Waals surface area contributed by atoms with E-state index in [4.69, 9.17) is 11.6 Å². The van der Waals surface area contributed by atoms with Gasteiger partial charge >= 0.3 is 16.9 Å². The zero-order chi connectivity index (χ0) is 15.6. The maximum Gasteiger partial charge on any atom is 0.350 e. The fourth-order valence-corrected chi connectivity index (χ4v) is 2.01. The average Bonchev–Trinajstić information content (AvgIpc) is 2.43. The predicted octanol–water partition coefficient (Wildman–Crippen LogP) is 1.03. The molecule has 0 aromatic carbocycles. The highest BCUT2D eigenvalue weighted by molar-refractivity contribution is 6.29. The Balaban J connectivity index is 2.62. The number of hydrogen-bond donors (Lipinski definition) is 0. The van der Waals surface area contributed by atoms with Gasteiger partial charge in [-0.15, -0.1) is 0 Å². The van der Waals surface area contributed by atoms with Crippen molar-refractivity contribution in [1.82, 2.24) is 14.1 Å². The van der Waals surface area contributed by atoms with E-state index in [0.29, 0.717) is 5.69 Å². The normalized spacial score (nSPS) is 10.6. The monoisotopic (exact) mass is 310 g/mol. The zero-order valence-corrected chi connectivity index (χ0v) is 11.8. The maximum absolute atomic E-state index is 12.1. The Kier molecular flexibility index (Phi) is 4.18. The molecule has 8 nitrogen and oxygen atoms in total. The molecule has 0 fully saturated rings. The van der Waals surface area contributed by atoms with Crippen molar-refractivity contribution in [1.29, 1.82) is 0 Å². The van der Waals surface area contributed by atoms with Gasteiger partial charge in [-0.2, -0.15) is 0 Å². The summed E-state index contributed by atoms with van der Waals surface area (Å²) in [7, 11) is 0. The van der Waals surface area contributed by atoms with Crippen molar-refractivity contribution in [3.63, 3.8) is 0 Å². The summed E-state index contributed by atoms with van der Waals surface area (Å²) in [5, 5.41) is 11.1. The summed E-state index contributed by atoms with van der Waals surface area (Å²) in [6, 6.07) is 4.74. The van der Waals surface area contributed by atoms with Gasteiger partial charge in [0.2, 0.25) is 0 Å². The molecule has 2 aromatic rings. The van der Waals surface area contributed by atoms with Gasteiger partial charge in [0.15, 0.2) is 0 Å². The van der Waals surface area contributed by atoms with Crippen molar-refractivity contribution in [2.24, 2.45) is 0 Å². The van der Waals surface area contributed by atoms with E-state index in [1.165, 1.54) is 0 Å². The highest BCUT2D eigenvalue weighted by Crippen LogP contribution is 2.06. The molecule has 0 bridgehead atoms. The van der Waals surface area contributed by atoms with Crippen LogP contribution >= 0.6 is 11.6 Å². The van der Waals surface area contributed by atoms with Crippen molar-refractivity contribution in [3.8, 4) is 0 Å². The van der Waals surface area contributed by atoms with Gasteiger partial charge in [0, 0.05) is 6.54 Å². The quantitative estimate of drug-likeness (QED) is 0.477. The first-order valence-electron chi connectivity index (χ1n) is 6.04. The van der Waals surface area contributed by atoms with Crippen molar-refractivity contribution in [2.75, 3.05) is 0 Å². The first-order valence-corrected chi connectivity index (χ1v) is 6.42. The minimum absolute atomic E-state index is 0.181. The van der Waals surface area contributed by atoms with Crippen LogP contribution in [-0.2, 0) is 13.1 Å². The number of nitrogens with zero attached hydrogens (tertiary/aromatic N) is 4. The average molecular weight is 311 g/mol. The molecule has 0 unspecified atom stereocenters. The maximum atomic E-state index is 12.1. The van der Waals surface area contributed by atoms with Crippen molar-refractivity contribution < 1.29 is 4.92 Å². The number of pyridine rings is 1. The van der Waals surface area contributed by atoms with Gasteiger partial charge < -0.3 is 0 Å². The molecule has 9 heteroatoms.